The molecule has 0 bridgehead atoms. The van der Waals surface area contributed by atoms with E-state index in [2.05, 4.69) is 37.2 Å². The van der Waals surface area contributed by atoms with E-state index in [-0.39, 0.29) is 24.5 Å². The fourth-order valence-corrected chi connectivity index (χ4v) is 4.05. The summed E-state index contributed by atoms with van der Waals surface area (Å²) in [6, 6.07) is 14.7. The average molecular weight is 538 g/mol. The second-order valence-electron chi connectivity index (χ2n) is 7.56. The predicted molar refractivity (Wildman–Crippen MR) is 124 cm³/mol. The highest BCUT2D eigenvalue weighted by Crippen LogP contribution is 2.20. The Morgan fingerprint density at radius 1 is 1.03 bits per heavy atom. The Kier molecular flexibility index (Phi) is 8.33. The number of ether oxygens (including phenoxy) is 1. The standard InChI is InChI=1S/C23H26Br2N2O3/c1-16(23(29)26-20-4-2-3-5-20)27(14-17-6-8-18(24)9-7-17)22(28)15-30-21-12-10-19(25)11-13-21/h6-13,16,20H,2-5,14-15H2,1H3,(H,26,29)/t16-/m0/s1. The Labute approximate surface area is 194 Å². The molecule has 30 heavy (non-hydrogen) atoms. The minimum Gasteiger partial charge on any atom is -0.484 e. The zero-order valence-corrected chi connectivity index (χ0v) is 20.1. The van der Waals surface area contributed by atoms with Crippen molar-refractivity contribution in [2.75, 3.05) is 6.61 Å². The molecule has 1 fully saturated rings. The number of carbonyl (C=O) groups excluding carboxylic acids is 2. The second-order valence-corrected chi connectivity index (χ2v) is 9.39. The summed E-state index contributed by atoms with van der Waals surface area (Å²) >= 11 is 6.81. The first-order valence-electron chi connectivity index (χ1n) is 10.1. The topological polar surface area (TPSA) is 58.6 Å². The Hall–Kier alpha value is -1.86. The summed E-state index contributed by atoms with van der Waals surface area (Å²) < 4.78 is 7.58. The highest BCUT2D eigenvalue weighted by Gasteiger charge is 2.28. The molecule has 0 saturated heterocycles. The van der Waals surface area contributed by atoms with Gasteiger partial charge in [-0.2, -0.15) is 0 Å². The van der Waals surface area contributed by atoms with Crippen LogP contribution in [-0.4, -0.2) is 35.4 Å². The quantitative estimate of drug-likeness (QED) is 0.511. The molecule has 5 nitrogen and oxygen atoms in total. The molecular weight excluding hydrogens is 512 g/mol. The summed E-state index contributed by atoms with van der Waals surface area (Å²) in [5.74, 6) is 0.268. The molecule has 0 spiro atoms. The van der Waals surface area contributed by atoms with Crippen LogP contribution in [0.25, 0.3) is 0 Å². The highest BCUT2D eigenvalue weighted by molar-refractivity contribution is 9.10. The van der Waals surface area contributed by atoms with Gasteiger partial charge in [0.05, 0.1) is 0 Å². The van der Waals surface area contributed by atoms with Gasteiger partial charge in [-0.25, -0.2) is 0 Å². The molecule has 2 amide bonds. The van der Waals surface area contributed by atoms with Crippen molar-refractivity contribution in [3.05, 3.63) is 63.0 Å². The molecule has 2 aromatic carbocycles. The third-order valence-electron chi connectivity index (χ3n) is 5.31. The summed E-state index contributed by atoms with van der Waals surface area (Å²) in [5.41, 5.74) is 0.954. The number of hydrogen-bond donors (Lipinski definition) is 1. The van der Waals surface area contributed by atoms with E-state index in [1.165, 1.54) is 0 Å². The van der Waals surface area contributed by atoms with Gasteiger partial charge < -0.3 is 15.0 Å². The van der Waals surface area contributed by atoms with Crippen molar-refractivity contribution in [3.63, 3.8) is 0 Å². The number of halogens is 2. The van der Waals surface area contributed by atoms with Gasteiger partial charge in [-0.1, -0.05) is 56.8 Å². The zero-order valence-electron chi connectivity index (χ0n) is 16.9. The van der Waals surface area contributed by atoms with Crippen LogP contribution in [0.15, 0.2) is 57.5 Å². The molecule has 1 aliphatic rings. The molecule has 1 atom stereocenters. The molecule has 0 aliphatic heterocycles. The molecule has 0 unspecified atom stereocenters. The minimum absolute atomic E-state index is 0.115. The Balaban J connectivity index is 1.69. The van der Waals surface area contributed by atoms with E-state index in [1.54, 1.807) is 24.0 Å². The van der Waals surface area contributed by atoms with Crippen molar-refractivity contribution in [1.82, 2.24) is 10.2 Å². The van der Waals surface area contributed by atoms with E-state index in [1.807, 2.05) is 36.4 Å². The van der Waals surface area contributed by atoms with Crippen LogP contribution in [0.3, 0.4) is 0 Å². The van der Waals surface area contributed by atoms with Gasteiger partial charge in [-0.05, 0) is 61.7 Å². The molecule has 0 heterocycles. The SMILES string of the molecule is C[C@@H](C(=O)NC1CCCC1)N(Cc1ccc(Br)cc1)C(=O)COc1ccc(Br)cc1. The summed E-state index contributed by atoms with van der Waals surface area (Å²) in [4.78, 5) is 27.5. The van der Waals surface area contributed by atoms with E-state index >= 15 is 0 Å². The smallest absolute Gasteiger partial charge is 0.261 e. The number of nitrogens with zero attached hydrogens (tertiary/aromatic N) is 1. The van der Waals surface area contributed by atoms with Crippen LogP contribution in [-0.2, 0) is 16.1 Å². The Bertz CT molecular complexity index is 850. The molecule has 3 rings (SSSR count). The second kappa shape index (κ2) is 11.0. The minimum atomic E-state index is -0.588. The van der Waals surface area contributed by atoms with Gasteiger partial charge >= 0.3 is 0 Å². The summed E-state index contributed by atoms with van der Waals surface area (Å²) in [6.45, 7) is 1.99. The molecule has 0 radical (unpaired) electrons. The number of hydrogen-bond acceptors (Lipinski definition) is 3. The monoisotopic (exact) mass is 536 g/mol. The van der Waals surface area contributed by atoms with Crippen molar-refractivity contribution in [2.24, 2.45) is 0 Å². The van der Waals surface area contributed by atoms with Crippen molar-refractivity contribution in [2.45, 2.75) is 51.2 Å². The molecule has 1 N–H and O–H groups in total. The molecule has 1 aliphatic carbocycles. The van der Waals surface area contributed by atoms with Gasteiger partial charge in [0.15, 0.2) is 6.61 Å². The van der Waals surface area contributed by atoms with E-state index in [0.717, 1.165) is 40.2 Å². The van der Waals surface area contributed by atoms with E-state index < -0.39 is 6.04 Å². The maximum atomic E-state index is 13.0. The van der Waals surface area contributed by atoms with Crippen molar-refractivity contribution in [3.8, 4) is 5.75 Å². The number of amides is 2. The maximum Gasteiger partial charge on any atom is 0.261 e. The molecule has 7 heteroatoms. The van der Waals surface area contributed by atoms with Crippen molar-refractivity contribution in [1.29, 1.82) is 0 Å². The van der Waals surface area contributed by atoms with Crippen LogP contribution in [0.2, 0.25) is 0 Å². The van der Waals surface area contributed by atoms with Gasteiger partial charge in [0.2, 0.25) is 5.91 Å². The lowest BCUT2D eigenvalue weighted by Crippen LogP contribution is -2.50. The van der Waals surface area contributed by atoms with Crippen molar-refractivity contribution < 1.29 is 14.3 Å². The first kappa shape index (κ1) is 22.8. The summed E-state index contributed by atoms with van der Waals surface area (Å²) in [7, 11) is 0. The van der Waals surface area contributed by atoms with Gasteiger partial charge in [0.1, 0.15) is 11.8 Å². The molecule has 1 saturated carbocycles. The predicted octanol–water partition coefficient (Wildman–Crippen LogP) is 5.07. The lowest BCUT2D eigenvalue weighted by Gasteiger charge is -2.29. The fourth-order valence-electron chi connectivity index (χ4n) is 3.52. The lowest BCUT2D eigenvalue weighted by atomic mass is 10.1. The number of carbonyl (C=O) groups is 2. The third-order valence-corrected chi connectivity index (χ3v) is 6.37. The number of nitrogens with one attached hydrogen (secondary N) is 1. The van der Waals surface area contributed by atoms with Crippen LogP contribution >= 0.6 is 31.9 Å². The lowest BCUT2D eigenvalue weighted by molar-refractivity contribution is -0.142. The molecule has 2 aromatic rings. The maximum absolute atomic E-state index is 13.0. The third kappa shape index (κ3) is 6.57. The van der Waals surface area contributed by atoms with Gasteiger partial charge in [-0.3, -0.25) is 9.59 Å². The van der Waals surface area contributed by atoms with Crippen molar-refractivity contribution >= 4 is 43.7 Å². The van der Waals surface area contributed by atoms with Crippen LogP contribution in [0.5, 0.6) is 5.75 Å². The molecule has 0 aromatic heterocycles. The van der Waals surface area contributed by atoms with E-state index in [9.17, 15) is 9.59 Å². The van der Waals surface area contributed by atoms with Gasteiger partial charge in [-0.15, -0.1) is 0 Å². The molecular formula is C23H26Br2N2O3. The fraction of sp³-hybridized carbons (Fsp3) is 0.391. The molecule has 160 valence electrons. The van der Waals surface area contributed by atoms with Gasteiger partial charge in [0, 0.05) is 21.5 Å². The number of rotatable bonds is 8. The first-order valence-corrected chi connectivity index (χ1v) is 11.7. The zero-order chi connectivity index (χ0) is 21.5. The number of benzene rings is 2. The normalized spacial score (nSPS) is 14.9. The van der Waals surface area contributed by atoms with Gasteiger partial charge in [0.25, 0.3) is 5.91 Å². The van der Waals surface area contributed by atoms with Crippen LogP contribution < -0.4 is 10.1 Å². The Morgan fingerprint density at radius 3 is 2.20 bits per heavy atom. The van der Waals surface area contributed by atoms with Crippen LogP contribution in [0.1, 0.15) is 38.2 Å². The van der Waals surface area contributed by atoms with Crippen LogP contribution in [0, 0.1) is 0 Å². The summed E-state index contributed by atoms with van der Waals surface area (Å²) in [6.07, 6.45) is 4.29. The first-order chi connectivity index (χ1) is 14.4. The average Bonchev–Trinajstić information content (AvgIpc) is 3.25. The summed E-state index contributed by atoms with van der Waals surface area (Å²) in [5, 5.41) is 3.10. The highest BCUT2D eigenvalue weighted by atomic mass is 79.9. The van der Waals surface area contributed by atoms with Crippen LogP contribution in [0.4, 0.5) is 0 Å². The largest absolute Gasteiger partial charge is 0.484 e. The van der Waals surface area contributed by atoms with E-state index in [4.69, 9.17) is 4.74 Å². The van der Waals surface area contributed by atoms with E-state index in [0.29, 0.717) is 12.3 Å². The Morgan fingerprint density at radius 2 is 1.60 bits per heavy atom.